The molecule has 2 aromatic heterocycles. The molecule has 0 aliphatic carbocycles. The summed E-state index contributed by atoms with van der Waals surface area (Å²) in [5.74, 6) is 2.24. The highest BCUT2D eigenvalue weighted by molar-refractivity contribution is 7.89. The summed E-state index contributed by atoms with van der Waals surface area (Å²) in [6.07, 6.45) is 2.53. The number of fused-ring (bicyclic) bond motifs is 3. The molecule has 13 nitrogen and oxygen atoms in total. The Bertz CT molecular complexity index is 1770. The number of rotatable bonds is 9. The molecular formula is C30H39N9O4S2. The van der Waals surface area contributed by atoms with Crippen LogP contribution in [-0.4, -0.2) is 123 Å². The Balaban J connectivity index is 1.11. The number of nitrogens with zero attached hydrogens (tertiary/aromatic N) is 6. The Labute approximate surface area is 268 Å². The average molecular weight is 654 g/mol. The van der Waals surface area contributed by atoms with Gasteiger partial charge in [0.05, 0.1) is 29.5 Å². The number of benzene rings is 2. The van der Waals surface area contributed by atoms with E-state index in [1.807, 2.05) is 12.1 Å². The second-order valence-electron chi connectivity index (χ2n) is 11.4. The molecule has 2 fully saturated rings. The van der Waals surface area contributed by atoms with E-state index in [1.165, 1.54) is 12.1 Å². The second-order valence-corrected chi connectivity index (χ2v) is 13.4. The van der Waals surface area contributed by atoms with E-state index in [2.05, 4.69) is 41.9 Å². The van der Waals surface area contributed by atoms with Gasteiger partial charge in [-0.1, -0.05) is 0 Å². The molecule has 45 heavy (non-hydrogen) atoms. The van der Waals surface area contributed by atoms with Crippen LogP contribution in [-0.2, 0) is 10.0 Å². The minimum atomic E-state index is -3.75. The van der Waals surface area contributed by atoms with Crippen LogP contribution in [0.4, 0.5) is 11.5 Å². The number of hydrogen-bond donors (Lipinski definition) is 3. The predicted molar refractivity (Wildman–Crippen MR) is 180 cm³/mol. The van der Waals surface area contributed by atoms with Crippen LogP contribution in [0.15, 0.2) is 47.6 Å². The van der Waals surface area contributed by atoms with E-state index in [0.29, 0.717) is 55.1 Å². The summed E-state index contributed by atoms with van der Waals surface area (Å²) in [6.45, 7) is 8.83. The minimum Gasteiger partial charge on any atom is -0.493 e. The van der Waals surface area contributed by atoms with E-state index in [9.17, 15) is 8.42 Å². The number of sulfonamides is 1. The first-order valence-electron chi connectivity index (χ1n) is 15.0. The summed E-state index contributed by atoms with van der Waals surface area (Å²) in [5.41, 5.74) is 2.37. The van der Waals surface area contributed by atoms with Crippen LogP contribution in [0, 0.1) is 0 Å². The average Bonchev–Trinajstić information content (AvgIpc) is 3.41. The van der Waals surface area contributed by atoms with E-state index in [1.54, 1.807) is 25.6 Å². The van der Waals surface area contributed by atoms with Crippen molar-refractivity contribution in [3.05, 3.63) is 42.7 Å². The number of likely N-dealkylation sites (N-methyl/N-ethyl adjacent to an activating group) is 1. The third-order valence-corrected chi connectivity index (χ3v) is 9.72. The van der Waals surface area contributed by atoms with Gasteiger partial charge in [0.1, 0.15) is 17.8 Å². The van der Waals surface area contributed by atoms with Gasteiger partial charge in [0.25, 0.3) is 0 Å². The Morgan fingerprint density at radius 3 is 2.44 bits per heavy atom. The van der Waals surface area contributed by atoms with Crippen molar-refractivity contribution in [3.63, 3.8) is 0 Å². The van der Waals surface area contributed by atoms with Crippen LogP contribution in [0.3, 0.4) is 0 Å². The third kappa shape index (κ3) is 7.07. The first-order chi connectivity index (χ1) is 21.7. The first-order valence-corrected chi connectivity index (χ1v) is 17.0. The highest BCUT2D eigenvalue weighted by Gasteiger charge is 2.24. The molecule has 6 rings (SSSR count). The summed E-state index contributed by atoms with van der Waals surface area (Å²) in [4.78, 5) is 21.9. The number of aromatic amines is 1. The maximum absolute atomic E-state index is 11.5. The molecule has 2 saturated heterocycles. The van der Waals surface area contributed by atoms with Crippen molar-refractivity contribution in [2.24, 2.45) is 5.14 Å². The van der Waals surface area contributed by atoms with Gasteiger partial charge in [0, 0.05) is 76.0 Å². The number of nitrogens with one attached hydrogen (secondary N) is 2. The Hall–Kier alpha value is -3.76. The summed E-state index contributed by atoms with van der Waals surface area (Å²) in [7, 11) is 0.0837. The number of ether oxygens (including phenoxy) is 2. The number of thiocarbonyl (C=S) groups is 1. The van der Waals surface area contributed by atoms with Crippen molar-refractivity contribution in [2.75, 3.05) is 89.9 Å². The van der Waals surface area contributed by atoms with E-state index in [4.69, 9.17) is 31.8 Å². The van der Waals surface area contributed by atoms with E-state index in [-0.39, 0.29) is 4.90 Å². The molecule has 15 heteroatoms. The van der Waals surface area contributed by atoms with Gasteiger partial charge in [-0.2, -0.15) is 0 Å². The van der Waals surface area contributed by atoms with E-state index in [0.717, 1.165) is 66.9 Å². The number of piperazine rings is 2. The van der Waals surface area contributed by atoms with Crippen molar-refractivity contribution in [2.45, 2.75) is 11.3 Å². The van der Waals surface area contributed by atoms with Gasteiger partial charge in [-0.25, -0.2) is 23.5 Å². The van der Waals surface area contributed by atoms with Crippen LogP contribution < -0.4 is 24.8 Å². The number of methoxy groups -OCH3 is 1. The van der Waals surface area contributed by atoms with Crippen LogP contribution in [0.5, 0.6) is 11.5 Å². The van der Waals surface area contributed by atoms with Crippen molar-refractivity contribution in [1.29, 1.82) is 0 Å². The molecule has 0 radical (unpaired) electrons. The van der Waals surface area contributed by atoms with Gasteiger partial charge in [-0.15, -0.1) is 0 Å². The predicted octanol–water partition coefficient (Wildman–Crippen LogP) is 2.30. The van der Waals surface area contributed by atoms with Crippen molar-refractivity contribution >= 4 is 60.8 Å². The molecule has 240 valence electrons. The summed E-state index contributed by atoms with van der Waals surface area (Å²) in [6, 6.07) is 10.2. The standard InChI is InChI=1S/C30H39N9O4S2/c1-36-9-11-37(12-10-36)8-3-17-43-26-19-24-23(18-25(26)42-2)27-28(35-24)32-20-33-29(27)38-13-15-39(16-14-38)30(44)34-21-4-6-22(7-5-21)45(31,40)41/h4-7,18-20H,3,8-17H2,1-2H3,(H,34,44)(H2,31,40,41)(H,32,33,35). The lowest BCUT2D eigenvalue weighted by Gasteiger charge is -2.37. The summed E-state index contributed by atoms with van der Waals surface area (Å²) < 4.78 is 35.0. The van der Waals surface area contributed by atoms with Crippen molar-refractivity contribution < 1.29 is 17.9 Å². The third-order valence-electron chi connectivity index (χ3n) is 8.43. The van der Waals surface area contributed by atoms with Crippen LogP contribution >= 0.6 is 12.2 Å². The molecule has 0 amide bonds. The normalized spacial score (nSPS) is 16.8. The number of H-pyrrole nitrogens is 1. The quantitative estimate of drug-likeness (QED) is 0.180. The SMILES string of the molecule is COc1cc2c(cc1OCCCN1CCN(C)CC1)[nH]c1ncnc(N3CCN(C(=S)Nc4ccc(S(N)(=O)=O)cc4)CC3)c12. The highest BCUT2D eigenvalue weighted by atomic mass is 32.2. The van der Waals surface area contributed by atoms with E-state index >= 15 is 0 Å². The zero-order chi connectivity index (χ0) is 31.6. The van der Waals surface area contributed by atoms with Gasteiger partial charge in [0.2, 0.25) is 10.0 Å². The molecule has 2 aromatic carbocycles. The lowest BCUT2D eigenvalue weighted by atomic mass is 10.1. The minimum absolute atomic E-state index is 0.0547. The molecular weight excluding hydrogens is 615 g/mol. The second kappa shape index (κ2) is 13.3. The molecule has 0 unspecified atom stereocenters. The Kier molecular flexibility index (Phi) is 9.23. The molecule has 2 aliphatic heterocycles. The number of aromatic nitrogens is 3. The lowest BCUT2D eigenvalue weighted by Crippen LogP contribution is -2.50. The zero-order valence-corrected chi connectivity index (χ0v) is 27.2. The number of hydrogen-bond acceptors (Lipinski definition) is 10. The lowest BCUT2D eigenvalue weighted by molar-refractivity contribution is 0.145. The fraction of sp³-hybridized carbons (Fsp3) is 0.433. The number of nitrogens with two attached hydrogens (primary N) is 1. The molecule has 4 N–H and O–H groups in total. The molecule has 0 saturated carbocycles. The van der Waals surface area contributed by atoms with Crippen LogP contribution in [0.25, 0.3) is 21.9 Å². The maximum Gasteiger partial charge on any atom is 0.238 e. The Morgan fingerprint density at radius 1 is 1.02 bits per heavy atom. The van der Waals surface area contributed by atoms with Gasteiger partial charge in [0.15, 0.2) is 16.6 Å². The van der Waals surface area contributed by atoms with Crippen molar-refractivity contribution in [1.82, 2.24) is 29.7 Å². The van der Waals surface area contributed by atoms with Crippen LogP contribution in [0.2, 0.25) is 0 Å². The highest BCUT2D eigenvalue weighted by Crippen LogP contribution is 2.38. The molecule has 4 heterocycles. The van der Waals surface area contributed by atoms with Crippen LogP contribution in [0.1, 0.15) is 6.42 Å². The fourth-order valence-electron chi connectivity index (χ4n) is 5.82. The fourth-order valence-corrected chi connectivity index (χ4v) is 6.64. The molecule has 0 spiro atoms. The van der Waals surface area contributed by atoms with Gasteiger partial charge in [-0.05, 0) is 56.0 Å². The monoisotopic (exact) mass is 653 g/mol. The topological polar surface area (TPSA) is 145 Å². The summed E-state index contributed by atoms with van der Waals surface area (Å²) in [5, 5.41) is 10.9. The number of primary sulfonamides is 1. The number of anilines is 2. The Morgan fingerprint density at radius 2 is 1.76 bits per heavy atom. The van der Waals surface area contributed by atoms with Crippen molar-refractivity contribution in [3.8, 4) is 11.5 Å². The summed E-state index contributed by atoms with van der Waals surface area (Å²) >= 11 is 5.65. The molecule has 4 aromatic rings. The maximum atomic E-state index is 11.5. The van der Waals surface area contributed by atoms with Gasteiger partial charge >= 0.3 is 0 Å². The van der Waals surface area contributed by atoms with E-state index < -0.39 is 10.0 Å². The first kappa shape index (κ1) is 31.2. The molecule has 2 aliphatic rings. The van der Waals surface area contributed by atoms with Gasteiger partial charge < -0.3 is 39.4 Å². The van der Waals surface area contributed by atoms with Gasteiger partial charge in [-0.3, -0.25) is 0 Å². The largest absolute Gasteiger partial charge is 0.493 e. The zero-order valence-electron chi connectivity index (χ0n) is 25.5. The smallest absolute Gasteiger partial charge is 0.238 e. The molecule has 0 bridgehead atoms. The molecule has 0 atom stereocenters.